The highest BCUT2D eigenvalue weighted by molar-refractivity contribution is 5.60. The third kappa shape index (κ3) is 2.48. The van der Waals surface area contributed by atoms with Crippen LogP contribution in [0.4, 0.5) is 5.69 Å². The first-order valence-corrected chi connectivity index (χ1v) is 6.40. The minimum Gasteiger partial charge on any atom is -0.380 e. The van der Waals surface area contributed by atoms with E-state index in [1.54, 1.807) is 0 Å². The van der Waals surface area contributed by atoms with Crippen LogP contribution in [-0.4, -0.2) is 4.57 Å². The predicted octanol–water partition coefficient (Wildman–Crippen LogP) is 3.43. The highest BCUT2D eigenvalue weighted by atomic mass is 15.0. The summed E-state index contributed by atoms with van der Waals surface area (Å²) >= 11 is 0. The number of nitrogens with zero attached hydrogens (tertiary/aromatic N) is 2. The van der Waals surface area contributed by atoms with E-state index < -0.39 is 0 Å². The van der Waals surface area contributed by atoms with Crippen molar-refractivity contribution in [3.63, 3.8) is 0 Å². The smallest absolute Gasteiger partial charge is 0.102 e. The number of rotatable bonds is 3. The summed E-state index contributed by atoms with van der Waals surface area (Å²) in [5.74, 6) is 0. The largest absolute Gasteiger partial charge is 0.380 e. The molecule has 2 aromatic rings. The molecule has 1 heterocycles. The maximum atomic E-state index is 9.21. The zero-order valence-corrected chi connectivity index (χ0v) is 11.9. The van der Waals surface area contributed by atoms with Gasteiger partial charge in [0.05, 0.1) is 11.3 Å². The molecule has 0 aliphatic heterocycles. The van der Waals surface area contributed by atoms with Crippen molar-refractivity contribution in [3.05, 3.63) is 52.3 Å². The molecule has 19 heavy (non-hydrogen) atoms. The molecular formula is C16H19N3. The zero-order valence-electron chi connectivity index (χ0n) is 11.9. The van der Waals surface area contributed by atoms with Gasteiger partial charge in [0, 0.05) is 25.0 Å². The van der Waals surface area contributed by atoms with Gasteiger partial charge in [0.1, 0.15) is 6.07 Å². The average molecular weight is 253 g/mol. The van der Waals surface area contributed by atoms with Crippen molar-refractivity contribution in [2.24, 2.45) is 7.05 Å². The molecule has 1 aromatic heterocycles. The predicted molar refractivity (Wildman–Crippen MR) is 78.1 cm³/mol. The van der Waals surface area contributed by atoms with Crippen LogP contribution < -0.4 is 5.32 Å². The highest BCUT2D eigenvalue weighted by Crippen LogP contribution is 2.20. The van der Waals surface area contributed by atoms with E-state index in [-0.39, 0.29) is 0 Å². The van der Waals surface area contributed by atoms with Gasteiger partial charge in [-0.25, -0.2) is 0 Å². The van der Waals surface area contributed by atoms with Crippen LogP contribution in [0.15, 0.2) is 24.3 Å². The van der Waals surface area contributed by atoms with E-state index >= 15 is 0 Å². The summed E-state index contributed by atoms with van der Waals surface area (Å²) in [6.07, 6.45) is 0. The lowest BCUT2D eigenvalue weighted by Crippen LogP contribution is -2.03. The number of nitrogens with one attached hydrogen (secondary N) is 1. The molecule has 2 rings (SSSR count). The van der Waals surface area contributed by atoms with Crippen LogP contribution in [-0.2, 0) is 13.6 Å². The van der Waals surface area contributed by atoms with Crippen molar-refractivity contribution >= 4 is 5.69 Å². The van der Waals surface area contributed by atoms with Gasteiger partial charge in [-0.05, 0) is 44.0 Å². The fourth-order valence-corrected chi connectivity index (χ4v) is 2.27. The van der Waals surface area contributed by atoms with Gasteiger partial charge in [-0.1, -0.05) is 12.1 Å². The minimum atomic E-state index is 0.729. The van der Waals surface area contributed by atoms with Crippen molar-refractivity contribution in [3.8, 4) is 6.07 Å². The van der Waals surface area contributed by atoms with Gasteiger partial charge in [0.2, 0.25) is 0 Å². The Morgan fingerprint density at radius 3 is 2.58 bits per heavy atom. The molecule has 0 spiro atoms. The standard InChI is InChI=1S/C16H19N3/c1-11-6-5-7-16(15(11)9-17)18-10-14-8-12(2)19(4)13(14)3/h5-8,18H,10H2,1-4H3. The lowest BCUT2D eigenvalue weighted by atomic mass is 10.1. The van der Waals surface area contributed by atoms with Gasteiger partial charge >= 0.3 is 0 Å². The molecule has 3 heteroatoms. The normalized spacial score (nSPS) is 10.3. The van der Waals surface area contributed by atoms with E-state index in [0.717, 1.165) is 23.4 Å². The summed E-state index contributed by atoms with van der Waals surface area (Å²) in [6.45, 7) is 6.92. The Bertz CT molecular complexity index is 645. The second kappa shape index (κ2) is 5.19. The maximum Gasteiger partial charge on any atom is 0.102 e. The van der Waals surface area contributed by atoms with Crippen molar-refractivity contribution in [1.82, 2.24) is 4.57 Å². The first-order valence-electron chi connectivity index (χ1n) is 6.40. The molecule has 0 aliphatic rings. The Hall–Kier alpha value is -2.21. The van der Waals surface area contributed by atoms with E-state index in [1.165, 1.54) is 17.0 Å². The van der Waals surface area contributed by atoms with Crippen molar-refractivity contribution in [1.29, 1.82) is 5.26 Å². The molecule has 0 unspecified atom stereocenters. The van der Waals surface area contributed by atoms with Gasteiger partial charge in [-0.15, -0.1) is 0 Å². The maximum absolute atomic E-state index is 9.21. The Balaban J connectivity index is 2.22. The first-order chi connectivity index (χ1) is 9.04. The lowest BCUT2D eigenvalue weighted by Gasteiger charge is -2.10. The summed E-state index contributed by atoms with van der Waals surface area (Å²) in [4.78, 5) is 0. The average Bonchev–Trinajstić information content (AvgIpc) is 2.64. The molecule has 98 valence electrons. The molecule has 0 fully saturated rings. The van der Waals surface area contributed by atoms with Gasteiger partial charge in [-0.3, -0.25) is 0 Å². The molecular weight excluding hydrogens is 234 g/mol. The topological polar surface area (TPSA) is 40.8 Å². The monoisotopic (exact) mass is 253 g/mol. The van der Waals surface area contributed by atoms with Crippen LogP contribution in [0.2, 0.25) is 0 Å². The number of aromatic nitrogens is 1. The lowest BCUT2D eigenvalue weighted by molar-refractivity contribution is 0.837. The van der Waals surface area contributed by atoms with E-state index in [9.17, 15) is 5.26 Å². The Morgan fingerprint density at radius 1 is 1.26 bits per heavy atom. The Morgan fingerprint density at radius 2 is 2.00 bits per heavy atom. The summed E-state index contributed by atoms with van der Waals surface area (Å²) in [5, 5.41) is 12.6. The molecule has 1 N–H and O–H groups in total. The van der Waals surface area contributed by atoms with Crippen LogP contribution in [0.3, 0.4) is 0 Å². The number of aryl methyl sites for hydroxylation is 2. The van der Waals surface area contributed by atoms with Crippen LogP contribution in [0.25, 0.3) is 0 Å². The number of anilines is 1. The molecule has 0 amide bonds. The van der Waals surface area contributed by atoms with Crippen molar-refractivity contribution in [2.45, 2.75) is 27.3 Å². The van der Waals surface area contributed by atoms with Crippen LogP contribution in [0, 0.1) is 32.1 Å². The molecule has 0 saturated carbocycles. The quantitative estimate of drug-likeness (QED) is 0.910. The summed E-state index contributed by atoms with van der Waals surface area (Å²) < 4.78 is 2.18. The molecule has 0 saturated heterocycles. The molecule has 0 bridgehead atoms. The van der Waals surface area contributed by atoms with Gasteiger partial charge in [0.15, 0.2) is 0 Å². The Labute approximate surface area is 114 Å². The summed E-state index contributed by atoms with van der Waals surface area (Å²) in [7, 11) is 2.07. The third-order valence-electron chi connectivity index (χ3n) is 3.73. The molecule has 3 nitrogen and oxygen atoms in total. The fourth-order valence-electron chi connectivity index (χ4n) is 2.27. The molecule has 0 atom stereocenters. The summed E-state index contributed by atoms with van der Waals surface area (Å²) in [5.41, 5.74) is 6.42. The first kappa shape index (κ1) is 13.2. The van der Waals surface area contributed by atoms with Crippen LogP contribution >= 0.6 is 0 Å². The highest BCUT2D eigenvalue weighted by Gasteiger charge is 2.08. The number of benzene rings is 1. The van der Waals surface area contributed by atoms with Gasteiger partial charge in [0.25, 0.3) is 0 Å². The van der Waals surface area contributed by atoms with E-state index in [1.807, 2.05) is 25.1 Å². The van der Waals surface area contributed by atoms with E-state index in [0.29, 0.717) is 0 Å². The SMILES string of the molecule is Cc1cccc(NCc2cc(C)n(C)c2C)c1C#N. The van der Waals surface area contributed by atoms with Crippen molar-refractivity contribution in [2.75, 3.05) is 5.32 Å². The van der Waals surface area contributed by atoms with Crippen molar-refractivity contribution < 1.29 is 0 Å². The van der Waals surface area contributed by atoms with Gasteiger partial charge < -0.3 is 9.88 Å². The minimum absolute atomic E-state index is 0.729. The number of hydrogen-bond acceptors (Lipinski definition) is 2. The van der Waals surface area contributed by atoms with Crippen LogP contribution in [0.5, 0.6) is 0 Å². The molecule has 0 aliphatic carbocycles. The number of hydrogen-bond donors (Lipinski definition) is 1. The Kier molecular flexibility index (Phi) is 3.62. The van der Waals surface area contributed by atoms with E-state index in [4.69, 9.17) is 0 Å². The third-order valence-corrected chi connectivity index (χ3v) is 3.73. The van der Waals surface area contributed by atoms with E-state index in [2.05, 4.69) is 42.9 Å². The summed E-state index contributed by atoms with van der Waals surface area (Å²) in [6, 6.07) is 10.3. The number of nitriles is 1. The molecule has 1 aromatic carbocycles. The fraction of sp³-hybridized carbons (Fsp3) is 0.312. The second-order valence-electron chi connectivity index (χ2n) is 4.92. The van der Waals surface area contributed by atoms with Gasteiger partial charge in [-0.2, -0.15) is 5.26 Å². The molecule has 0 radical (unpaired) electrons. The van der Waals surface area contributed by atoms with Crippen LogP contribution in [0.1, 0.15) is 28.1 Å². The zero-order chi connectivity index (χ0) is 14.0. The second-order valence-corrected chi connectivity index (χ2v) is 4.92.